The Morgan fingerprint density at radius 1 is 0.381 bits per heavy atom. The van der Waals surface area contributed by atoms with Gasteiger partial charge in [0.05, 0.1) is 18.6 Å². The second-order valence-corrected chi connectivity index (χ2v) is 10.7. The van der Waals surface area contributed by atoms with E-state index in [1.54, 1.807) is 24.3 Å². The standard InChI is InChI=1S/C39H40O3/c40-36-24-28-38(29-25-36)42-31-15-4-2-1-3-14-30-41-37-26-22-35(23-27-37)39(32-16-8-5-9-17-32,33-18-10-6-11-19-33)34-20-12-7-13-21-34/h5-13,16-29,40H,1-4,14-15,30-31H2. The minimum Gasteiger partial charge on any atom is -0.508 e. The summed E-state index contributed by atoms with van der Waals surface area (Å²) in [6.45, 7) is 1.44. The number of aromatic hydroxyl groups is 1. The van der Waals surface area contributed by atoms with Crippen molar-refractivity contribution in [1.29, 1.82) is 0 Å². The van der Waals surface area contributed by atoms with E-state index in [-0.39, 0.29) is 5.75 Å². The molecule has 5 aromatic carbocycles. The molecule has 0 unspecified atom stereocenters. The number of ether oxygens (including phenoxy) is 2. The topological polar surface area (TPSA) is 38.7 Å². The first-order valence-corrected chi connectivity index (χ1v) is 15.1. The molecule has 214 valence electrons. The van der Waals surface area contributed by atoms with Crippen LogP contribution in [0.1, 0.15) is 60.8 Å². The monoisotopic (exact) mass is 556 g/mol. The zero-order valence-corrected chi connectivity index (χ0v) is 24.2. The number of hydrogen-bond acceptors (Lipinski definition) is 3. The molecule has 3 heteroatoms. The average Bonchev–Trinajstić information content (AvgIpc) is 3.05. The van der Waals surface area contributed by atoms with Gasteiger partial charge in [0.25, 0.3) is 0 Å². The van der Waals surface area contributed by atoms with Crippen LogP contribution in [-0.4, -0.2) is 18.3 Å². The minimum absolute atomic E-state index is 0.263. The van der Waals surface area contributed by atoms with E-state index in [2.05, 4.69) is 115 Å². The lowest BCUT2D eigenvalue weighted by atomic mass is 9.65. The molecular weight excluding hydrogens is 516 g/mol. The van der Waals surface area contributed by atoms with Crippen LogP contribution in [0.4, 0.5) is 0 Å². The van der Waals surface area contributed by atoms with E-state index < -0.39 is 5.41 Å². The summed E-state index contributed by atoms with van der Waals surface area (Å²) in [6, 6.07) is 47.9. The molecular formula is C39H40O3. The van der Waals surface area contributed by atoms with Gasteiger partial charge in [0.15, 0.2) is 0 Å². The second kappa shape index (κ2) is 14.9. The third kappa shape index (κ3) is 7.22. The van der Waals surface area contributed by atoms with Crippen molar-refractivity contribution in [2.45, 2.75) is 43.9 Å². The van der Waals surface area contributed by atoms with E-state index in [0.717, 1.165) is 43.8 Å². The summed E-state index contributed by atoms with van der Waals surface area (Å²) in [5.74, 6) is 1.98. The van der Waals surface area contributed by atoms with Gasteiger partial charge in [0.1, 0.15) is 17.2 Å². The van der Waals surface area contributed by atoms with Crippen molar-refractivity contribution in [2.24, 2.45) is 0 Å². The van der Waals surface area contributed by atoms with Crippen LogP contribution in [-0.2, 0) is 5.41 Å². The maximum atomic E-state index is 9.35. The van der Waals surface area contributed by atoms with Gasteiger partial charge in [0, 0.05) is 0 Å². The first kappa shape index (κ1) is 29.0. The van der Waals surface area contributed by atoms with E-state index in [1.807, 2.05) is 0 Å². The quantitative estimate of drug-likeness (QED) is 0.103. The van der Waals surface area contributed by atoms with Gasteiger partial charge in [-0.1, -0.05) is 129 Å². The summed E-state index contributed by atoms with van der Waals surface area (Å²) in [5.41, 5.74) is 4.50. The van der Waals surface area contributed by atoms with Crippen LogP contribution < -0.4 is 9.47 Å². The number of phenols is 1. The van der Waals surface area contributed by atoms with Crippen LogP contribution in [0.15, 0.2) is 140 Å². The third-order valence-electron chi connectivity index (χ3n) is 7.82. The van der Waals surface area contributed by atoms with Crippen LogP contribution in [0.3, 0.4) is 0 Å². The van der Waals surface area contributed by atoms with Crippen LogP contribution in [0.5, 0.6) is 17.2 Å². The highest BCUT2D eigenvalue weighted by atomic mass is 16.5. The summed E-state index contributed by atoms with van der Waals surface area (Å²) in [4.78, 5) is 0. The minimum atomic E-state index is -0.433. The van der Waals surface area contributed by atoms with Gasteiger partial charge in [-0.2, -0.15) is 0 Å². The summed E-state index contributed by atoms with van der Waals surface area (Å²) in [6.07, 6.45) is 6.82. The van der Waals surface area contributed by atoms with Crippen LogP contribution in [0.25, 0.3) is 0 Å². The fourth-order valence-electron chi connectivity index (χ4n) is 5.70. The fourth-order valence-corrected chi connectivity index (χ4v) is 5.70. The Bertz CT molecular complexity index is 1350. The van der Waals surface area contributed by atoms with Gasteiger partial charge >= 0.3 is 0 Å². The van der Waals surface area contributed by atoms with Gasteiger partial charge in [-0.3, -0.25) is 0 Å². The Hall–Kier alpha value is -4.50. The Kier molecular flexibility index (Phi) is 10.3. The molecule has 0 aliphatic carbocycles. The summed E-state index contributed by atoms with van der Waals surface area (Å²) >= 11 is 0. The lowest BCUT2D eigenvalue weighted by Gasteiger charge is -2.36. The maximum absolute atomic E-state index is 9.35. The Labute approximate surface area is 250 Å². The van der Waals surface area contributed by atoms with E-state index in [0.29, 0.717) is 6.61 Å². The predicted octanol–water partition coefficient (Wildman–Crippen LogP) is 9.57. The molecule has 0 amide bonds. The van der Waals surface area contributed by atoms with Gasteiger partial charge in [-0.25, -0.2) is 0 Å². The predicted molar refractivity (Wildman–Crippen MR) is 172 cm³/mol. The zero-order chi connectivity index (χ0) is 28.9. The summed E-state index contributed by atoms with van der Waals surface area (Å²) in [7, 11) is 0. The average molecular weight is 557 g/mol. The molecule has 0 saturated heterocycles. The SMILES string of the molecule is Oc1ccc(OCCCCCCCCOc2ccc(C(c3ccccc3)(c3ccccc3)c3ccccc3)cc2)cc1. The molecule has 0 aromatic heterocycles. The molecule has 0 heterocycles. The number of rotatable bonds is 15. The normalized spacial score (nSPS) is 11.2. The highest BCUT2D eigenvalue weighted by Gasteiger charge is 2.38. The summed E-state index contributed by atoms with van der Waals surface area (Å²) in [5, 5.41) is 9.35. The summed E-state index contributed by atoms with van der Waals surface area (Å²) < 4.78 is 11.9. The molecule has 0 fully saturated rings. The van der Waals surface area contributed by atoms with Gasteiger partial charge in [-0.05, 0) is 71.5 Å². The van der Waals surface area contributed by atoms with E-state index >= 15 is 0 Å². The molecule has 0 spiro atoms. The largest absolute Gasteiger partial charge is 0.508 e. The molecule has 42 heavy (non-hydrogen) atoms. The van der Waals surface area contributed by atoms with Crippen molar-refractivity contribution >= 4 is 0 Å². The van der Waals surface area contributed by atoms with Crippen molar-refractivity contribution in [3.05, 3.63) is 162 Å². The molecule has 0 aliphatic heterocycles. The molecule has 5 aromatic rings. The molecule has 0 radical (unpaired) electrons. The lowest BCUT2D eigenvalue weighted by molar-refractivity contribution is 0.296. The highest BCUT2D eigenvalue weighted by Crippen LogP contribution is 2.45. The van der Waals surface area contributed by atoms with Gasteiger partial charge in [0.2, 0.25) is 0 Å². The number of unbranched alkanes of at least 4 members (excludes halogenated alkanes) is 5. The van der Waals surface area contributed by atoms with Crippen LogP contribution in [0, 0.1) is 0 Å². The van der Waals surface area contributed by atoms with E-state index in [4.69, 9.17) is 9.47 Å². The van der Waals surface area contributed by atoms with E-state index in [1.165, 1.54) is 35.1 Å². The second-order valence-electron chi connectivity index (χ2n) is 10.7. The van der Waals surface area contributed by atoms with Crippen LogP contribution >= 0.6 is 0 Å². The number of phenolic OH excluding ortho intramolecular Hbond substituents is 1. The van der Waals surface area contributed by atoms with Crippen molar-refractivity contribution in [2.75, 3.05) is 13.2 Å². The van der Waals surface area contributed by atoms with Crippen molar-refractivity contribution in [1.82, 2.24) is 0 Å². The zero-order valence-electron chi connectivity index (χ0n) is 24.2. The maximum Gasteiger partial charge on any atom is 0.119 e. The number of benzene rings is 5. The van der Waals surface area contributed by atoms with Gasteiger partial charge < -0.3 is 14.6 Å². The van der Waals surface area contributed by atoms with E-state index in [9.17, 15) is 5.11 Å². The van der Waals surface area contributed by atoms with Crippen molar-refractivity contribution in [3.8, 4) is 17.2 Å². The number of hydrogen-bond donors (Lipinski definition) is 1. The third-order valence-corrected chi connectivity index (χ3v) is 7.82. The Morgan fingerprint density at radius 2 is 0.714 bits per heavy atom. The molecule has 0 aliphatic rings. The smallest absolute Gasteiger partial charge is 0.119 e. The highest BCUT2D eigenvalue weighted by molar-refractivity contribution is 5.60. The van der Waals surface area contributed by atoms with Gasteiger partial charge in [-0.15, -0.1) is 0 Å². The molecule has 0 atom stereocenters. The lowest BCUT2D eigenvalue weighted by Crippen LogP contribution is -2.30. The molecule has 3 nitrogen and oxygen atoms in total. The molecule has 0 bridgehead atoms. The first-order valence-electron chi connectivity index (χ1n) is 15.1. The molecule has 0 saturated carbocycles. The van der Waals surface area contributed by atoms with Crippen molar-refractivity contribution in [3.63, 3.8) is 0 Å². The fraction of sp³-hybridized carbons (Fsp3) is 0.231. The molecule has 1 N–H and O–H groups in total. The Morgan fingerprint density at radius 3 is 1.12 bits per heavy atom. The van der Waals surface area contributed by atoms with Crippen molar-refractivity contribution < 1.29 is 14.6 Å². The first-order chi connectivity index (χ1) is 20.8. The van der Waals surface area contributed by atoms with Crippen LogP contribution in [0.2, 0.25) is 0 Å². The molecule has 5 rings (SSSR count). The Balaban J connectivity index is 1.15.